The Morgan fingerprint density at radius 2 is 2.03 bits per heavy atom. The Bertz CT molecular complexity index is 1250. The highest BCUT2D eigenvalue weighted by molar-refractivity contribution is 7.92. The molecule has 7 nitrogen and oxygen atoms in total. The lowest BCUT2D eigenvalue weighted by Crippen LogP contribution is -2.42. The summed E-state index contributed by atoms with van der Waals surface area (Å²) in [5, 5.41) is 0. The number of hydrogen-bond donors (Lipinski definition) is 0. The van der Waals surface area contributed by atoms with Gasteiger partial charge in [0, 0.05) is 59.4 Å². The molecule has 4 heterocycles. The van der Waals surface area contributed by atoms with Gasteiger partial charge in [-0.3, -0.25) is 8.61 Å². The molecule has 0 spiro atoms. The van der Waals surface area contributed by atoms with Crippen LogP contribution in [0.5, 0.6) is 0 Å². The number of rotatable bonds is 4. The summed E-state index contributed by atoms with van der Waals surface area (Å²) in [6.07, 6.45) is 11.7. The van der Waals surface area contributed by atoms with Gasteiger partial charge in [-0.1, -0.05) is 6.92 Å². The SMILES string of the molecule is C[C@@H]1C[C@H](N=S(C)(C)=O)CN(c2nccc(-c3cnc4cc(F)c(C5CC5)cn34)n2)C1. The van der Waals surface area contributed by atoms with Crippen molar-refractivity contribution in [3.63, 3.8) is 0 Å². The number of fused-ring (bicyclic) bond motifs is 1. The van der Waals surface area contributed by atoms with Gasteiger partial charge in [0.2, 0.25) is 5.95 Å². The molecular weight excluding hydrogens is 415 g/mol. The fourth-order valence-corrected chi connectivity index (χ4v) is 5.33. The van der Waals surface area contributed by atoms with E-state index in [2.05, 4.69) is 26.2 Å². The number of pyridine rings is 1. The third kappa shape index (κ3) is 4.28. The molecule has 1 saturated carbocycles. The van der Waals surface area contributed by atoms with Crippen LogP contribution in [0.15, 0.2) is 35.1 Å². The lowest BCUT2D eigenvalue weighted by molar-refractivity contribution is 0.400. The Kier molecular flexibility index (Phi) is 4.96. The van der Waals surface area contributed by atoms with Gasteiger partial charge in [-0.15, -0.1) is 0 Å². The molecule has 9 heteroatoms. The van der Waals surface area contributed by atoms with Gasteiger partial charge in [0.25, 0.3) is 0 Å². The van der Waals surface area contributed by atoms with Crippen LogP contribution in [-0.4, -0.2) is 55.2 Å². The maximum atomic E-state index is 14.4. The number of halogens is 1. The van der Waals surface area contributed by atoms with Crippen LogP contribution in [0.3, 0.4) is 0 Å². The quantitative estimate of drug-likeness (QED) is 0.615. The minimum atomic E-state index is -2.17. The molecule has 0 N–H and O–H groups in total. The monoisotopic (exact) mass is 442 g/mol. The van der Waals surface area contributed by atoms with E-state index in [1.807, 2.05) is 16.7 Å². The number of hydrogen-bond acceptors (Lipinski definition) is 6. The van der Waals surface area contributed by atoms with Crippen molar-refractivity contribution < 1.29 is 8.60 Å². The Labute approximate surface area is 181 Å². The lowest BCUT2D eigenvalue weighted by Gasteiger charge is -2.34. The van der Waals surface area contributed by atoms with Crippen molar-refractivity contribution in [2.24, 2.45) is 10.3 Å². The summed E-state index contributed by atoms with van der Waals surface area (Å²) in [5.74, 6) is 1.15. The molecule has 1 aliphatic heterocycles. The van der Waals surface area contributed by atoms with Crippen molar-refractivity contribution in [1.82, 2.24) is 19.4 Å². The Hall–Kier alpha value is -2.55. The van der Waals surface area contributed by atoms with Crippen molar-refractivity contribution in [3.05, 3.63) is 42.1 Å². The minimum Gasteiger partial charge on any atom is -0.338 e. The summed E-state index contributed by atoms with van der Waals surface area (Å²) in [6.45, 7) is 3.65. The van der Waals surface area contributed by atoms with E-state index in [4.69, 9.17) is 4.98 Å². The Morgan fingerprint density at radius 1 is 1.23 bits per heavy atom. The van der Waals surface area contributed by atoms with Gasteiger partial charge >= 0.3 is 0 Å². The second-order valence-electron chi connectivity index (χ2n) is 9.15. The van der Waals surface area contributed by atoms with Gasteiger partial charge < -0.3 is 4.90 Å². The lowest BCUT2D eigenvalue weighted by atomic mass is 9.97. The van der Waals surface area contributed by atoms with Gasteiger partial charge in [0.1, 0.15) is 11.5 Å². The summed E-state index contributed by atoms with van der Waals surface area (Å²) in [5.41, 5.74) is 2.88. The van der Waals surface area contributed by atoms with E-state index in [1.165, 1.54) is 6.07 Å². The van der Waals surface area contributed by atoms with Gasteiger partial charge in [-0.25, -0.2) is 23.7 Å². The summed E-state index contributed by atoms with van der Waals surface area (Å²) >= 11 is 0. The minimum absolute atomic E-state index is 0.00150. The maximum absolute atomic E-state index is 14.4. The first-order chi connectivity index (χ1) is 14.8. The molecule has 5 rings (SSSR count). The predicted octanol–water partition coefficient (Wildman–Crippen LogP) is 3.75. The average Bonchev–Trinajstić information content (AvgIpc) is 3.45. The summed E-state index contributed by atoms with van der Waals surface area (Å²) < 4.78 is 33.0. The van der Waals surface area contributed by atoms with E-state index in [0.717, 1.165) is 42.8 Å². The molecular formula is C22H27FN6OS. The molecule has 0 unspecified atom stereocenters. The second-order valence-corrected chi connectivity index (χ2v) is 11.7. The first-order valence-corrected chi connectivity index (χ1v) is 13.0. The van der Waals surface area contributed by atoms with Crippen LogP contribution in [-0.2, 0) is 9.73 Å². The largest absolute Gasteiger partial charge is 0.338 e. The van der Waals surface area contributed by atoms with Gasteiger partial charge in [0.15, 0.2) is 0 Å². The average molecular weight is 443 g/mol. The fourth-order valence-electron chi connectivity index (χ4n) is 4.46. The van der Waals surface area contributed by atoms with E-state index >= 15 is 0 Å². The molecule has 31 heavy (non-hydrogen) atoms. The number of piperidine rings is 1. The molecule has 1 saturated heterocycles. The van der Waals surface area contributed by atoms with Crippen LogP contribution in [0.25, 0.3) is 17.0 Å². The third-order valence-corrected chi connectivity index (χ3v) is 6.68. The van der Waals surface area contributed by atoms with Crippen LogP contribution in [0.4, 0.5) is 10.3 Å². The van der Waals surface area contributed by atoms with E-state index in [0.29, 0.717) is 30.0 Å². The van der Waals surface area contributed by atoms with E-state index in [-0.39, 0.29) is 11.9 Å². The highest BCUT2D eigenvalue weighted by atomic mass is 32.2. The van der Waals surface area contributed by atoms with Crippen molar-refractivity contribution in [2.45, 2.75) is 38.1 Å². The van der Waals surface area contributed by atoms with E-state index in [9.17, 15) is 8.60 Å². The van der Waals surface area contributed by atoms with Crippen molar-refractivity contribution in [1.29, 1.82) is 0 Å². The van der Waals surface area contributed by atoms with Crippen molar-refractivity contribution in [2.75, 3.05) is 30.5 Å². The zero-order valence-corrected chi connectivity index (χ0v) is 18.8. The molecule has 0 bridgehead atoms. The second kappa shape index (κ2) is 7.55. The van der Waals surface area contributed by atoms with Crippen LogP contribution in [0.2, 0.25) is 0 Å². The summed E-state index contributed by atoms with van der Waals surface area (Å²) in [6, 6.07) is 3.36. The number of imidazole rings is 1. The maximum Gasteiger partial charge on any atom is 0.225 e. The van der Waals surface area contributed by atoms with Crippen LogP contribution in [0, 0.1) is 11.7 Å². The summed E-state index contributed by atoms with van der Waals surface area (Å²) in [4.78, 5) is 15.8. The van der Waals surface area contributed by atoms with Crippen molar-refractivity contribution >= 4 is 21.3 Å². The van der Waals surface area contributed by atoms with Crippen LogP contribution < -0.4 is 4.90 Å². The molecule has 2 fully saturated rings. The van der Waals surface area contributed by atoms with Gasteiger partial charge in [0.05, 0.1) is 23.6 Å². The molecule has 0 amide bonds. The normalized spacial score (nSPS) is 22.1. The smallest absolute Gasteiger partial charge is 0.225 e. The van der Waals surface area contributed by atoms with Gasteiger partial charge in [-0.05, 0) is 37.2 Å². The Morgan fingerprint density at radius 3 is 2.77 bits per heavy atom. The van der Waals surface area contributed by atoms with E-state index < -0.39 is 9.73 Å². The zero-order valence-electron chi connectivity index (χ0n) is 18.0. The first kappa shape index (κ1) is 20.4. The Balaban J connectivity index is 1.49. The third-order valence-electron chi connectivity index (χ3n) is 5.87. The molecule has 164 valence electrons. The summed E-state index contributed by atoms with van der Waals surface area (Å²) in [7, 11) is -2.17. The standard InChI is InChI=1S/C22H27FN6OS/c1-14-8-16(27-31(2,3)30)12-28(11-14)22-24-7-6-19(26-22)20-10-25-21-9-18(23)17(13-29(20)21)15-4-5-15/h6-7,9-10,13-16H,4-5,8,11-12H2,1-3H3/t14-,16+/m1/s1. The highest BCUT2D eigenvalue weighted by Crippen LogP contribution is 2.41. The molecule has 2 atom stereocenters. The zero-order chi connectivity index (χ0) is 21.8. The van der Waals surface area contributed by atoms with Crippen LogP contribution in [0.1, 0.15) is 37.7 Å². The molecule has 0 radical (unpaired) electrons. The first-order valence-electron chi connectivity index (χ1n) is 10.7. The number of anilines is 1. The van der Waals surface area contributed by atoms with Crippen LogP contribution >= 0.6 is 0 Å². The fraction of sp³-hybridized carbons (Fsp3) is 0.500. The molecule has 2 aliphatic rings. The van der Waals surface area contributed by atoms with Gasteiger partial charge in [-0.2, -0.15) is 0 Å². The molecule has 3 aromatic heterocycles. The predicted molar refractivity (Wildman–Crippen MR) is 120 cm³/mol. The molecule has 3 aromatic rings. The highest BCUT2D eigenvalue weighted by Gasteiger charge is 2.29. The van der Waals surface area contributed by atoms with Crippen molar-refractivity contribution in [3.8, 4) is 11.4 Å². The number of aromatic nitrogens is 4. The topological polar surface area (TPSA) is 75.8 Å². The number of nitrogens with zero attached hydrogens (tertiary/aromatic N) is 6. The molecule has 1 aliphatic carbocycles. The van der Waals surface area contributed by atoms with E-state index in [1.54, 1.807) is 24.9 Å². The molecule has 0 aromatic carbocycles.